The first-order valence-corrected chi connectivity index (χ1v) is 5.52. The average molecular weight is 248 g/mol. The van der Waals surface area contributed by atoms with Crippen molar-refractivity contribution in [3.63, 3.8) is 0 Å². The zero-order valence-corrected chi connectivity index (χ0v) is 10.1. The van der Waals surface area contributed by atoms with E-state index >= 15 is 0 Å². The summed E-state index contributed by atoms with van der Waals surface area (Å²) in [6.07, 6.45) is -0.505. The van der Waals surface area contributed by atoms with Crippen LogP contribution in [0.3, 0.4) is 0 Å². The van der Waals surface area contributed by atoms with Crippen molar-refractivity contribution in [2.24, 2.45) is 0 Å². The van der Waals surface area contributed by atoms with Crippen molar-refractivity contribution in [2.75, 3.05) is 19.8 Å². The van der Waals surface area contributed by atoms with E-state index in [-0.39, 0.29) is 0 Å². The number of nitrogens with one attached hydrogen (secondary N) is 2. The summed E-state index contributed by atoms with van der Waals surface area (Å²) in [4.78, 5) is 21.9. The van der Waals surface area contributed by atoms with Gasteiger partial charge in [0, 0.05) is 19.8 Å². The van der Waals surface area contributed by atoms with Gasteiger partial charge in [-0.25, -0.2) is 9.59 Å². The number of aliphatic hydroxyl groups is 1. The van der Waals surface area contributed by atoms with E-state index in [0.717, 1.165) is 0 Å². The molecule has 0 aromatic rings. The fourth-order valence-electron chi connectivity index (χ4n) is 1.10. The molecular formula is C10H20N2O5. The summed E-state index contributed by atoms with van der Waals surface area (Å²) in [5, 5.41) is 22.5. The van der Waals surface area contributed by atoms with Crippen LogP contribution in [0.15, 0.2) is 0 Å². The number of carbonyl (C=O) groups excluding carboxylic acids is 1. The Hall–Kier alpha value is -1.34. The van der Waals surface area contributed by atoms with Crippen LogP contribution >= 0.6 is 0 Å². The summed E-state index contributed by atoms with van der Waals surface area (Å²) in [6.45, 7) is 4.72. The third kappa shape index (κ3) is 7.53. The van der Waals surface area contributed by atoms with Crippen molar-refractivity contribution in [1.82, 2.24) is 10.6 Å². The molecule has 0 aliphatic carbocycles. The van der Waals surface area contributed by atoms with Crippen molar-refractivity contribution >= 4 is 12.0 Å². The molecule has 0 aliphatic rings. The third-order valence-electron chi connectivity index (χ3n) is 1.99. The Morgan fingerprint density at radius 2 is 2.06 bits per heavy atom. The molecule has 7 nitrogen and oxygen atoms in total. The summed E-state index contributed by atoms with van der Waals surface area (Å²) in [6, 6.07) is -1.92. The standard InChI is InChI=1S/C10H20N2O5/c1-3-17-6-4-5-11-10(16)12-8(7(2)13)9(14)15/h7-8,13H,3-6H2,1-2H3,(H,14,15)(H2,11,12,16). The minimum Gasteiger partial charge on any atom is -0.480 e. The fourth-order valence-corrected chi connectivity index (χ4v) is 1.10. The van der Waals surface area contributed by atoms with E-state index in [0.29, 0.717) is 26.2 Å². The number of carboxylic acid groups (broad SMARTS) is 1. The second-order valence-electron chi connectivity index (χ2n) is 3.51. The maximum absolute atomic E-state index is 11.3. The highest BCUT2D eigenvalue weighted by Gasteiger charge is 2.24. The summed E-state index contributed by atoms with van der Waals surface area (Å²) >= 11 is 0. The van der Waals surface area contributed by atoms with E-state index in [1.165, 1.54) is 6.92 Å². The van der Waals surface area contributed by atoms with Crippen LogP contribution < -0.4 is 10.6 Å². The van der Waals surface area contributed by atoms with Crippen molar-refractivity contribution in [2.45, 2.75) is 32.4 Å². The molecule has 0 saturated heterocycles. The molecule has 0 aromatic carbocycles. The zero-order valence-electron chi connectivity index (χ0n) is 10.1. The van der Waals surface area contributed by atoms with Crippen LogP contribution in [0.5, 0.6) is 0 Å². The zero-order chi connectivity index (χ0) is 13.3. The Balaban J connectivity index is 3.80. The third-order valence-corrected chi connectivity index (χ3v) is 1.99. The molecule has 0 fully saturated rings. The van der Waals surface area contributed by atoms with E-state index in [1.54, 1.807) is 0 Å². The van der Waals surface area contributed by atoms with Gasteiger partial charge in [-0.1, -0.05) is 0 Å². The number of rotatable bonds is 8. The van der Waals surface area contributed by atoms with Crippen molar-refractivity contribution in [3.8, 4) is 0 Å². The van der Waals surface area contributed by atoms with Gasteiger partial charge in [0.25, 0.3) is 0 Å². The second-order valence-corrected chi connectivity index (χ2v) is 3.51. The number of carbonyl (C=O) groups is 2. The molecule has 0 aromatic heterocycles. The first kappa shape index (κ1) is 15.7. The smallest absolute Gasteiger partial charge is 0.328 e. The number of aliphatic hydroxyl groups excluding tert-OH is 1. The van der Waals surface area contributed by atoms with Crippen LogP contribution in [-0.4, -0.2) is 54.1 Å². The van der Waals surface area contributed by atoms with E-state index < -0.39 is 24.1 Å². The minimum atomic E-state index is -1.30. The lowest BCUT2D eigenvalue weighted by molar-refractivity contribution is -0.141. The highest BCUT2D eigenvalue weighted by Crippen LogP contribution is 1.92. The normalized spacial score (nSPS) is 13.8. The minimum absolute atomic E-state index is 0.387. The number of hydrogen-bond donors (Lipinski definition) is 4. The van der Waals surface area contributed by atoms with Gasteiger partial charge in [0.2, 0.25) is 0 Å². The summed E-state index contributed by atoms with van der Waals surface area (Å²) in [5.41, 5.74) is 0. The maximum atomic E-state index is 11.3. The van der Waals surface area contributed by atoms with Gasteiger partial charge in [-0.15, -0.1) is 0 Å². The van der Waals surface area contributed by atoms with Crippen molar-refractivity contribution in [1.29, 1.82) is 0 Å². The van der Waals surface area contributed by atoms with Gasteiger partial charge in [-0.3, -0.25) is 0 Å². The Kier molecular flexibility index (Phi) is 8.08. The van der Waals surface area contributed by atoms with Crippen LogP contribution in [0, 0.1) is 0 Å². The molecule has 2 unspecified atom stereocenters. The van der Waals surface area contributed by atoms with Crippen LogP contribution in [0.25, 0.3) is 0 Å². The fraction of sp³-hybridized carbons (Fsp3) is 0.800. The molecule has 0 saturated carbocycles. The summed E-state index contributed by atoms with van der Waals surface area (Å²) in [7, 11) is 0. The molecule has 2 atom stereocenters. The van der Waals surface area contributed by atoms with Crippen molar-refractivity contribution < 1.29 is 24.5 Å². The van der Waals surface area contributed by atoms with Gasteiger partial charge in [-0.05, 0) is 20.3 Å². The summed E-state index contributed by atoms with van der Waals surface area (Å²) < 4.78 is 5.07. The van der Waals surface area contributed by atoms with Crippen LogP contribution in [-0.2, 0) is 9.53 Å². The van der Waals surface area contributed by atoms with Crippen LogP contribution in [0.4, 0.5) is 4.79 Å². The van der Waals surface area contributed by atoms with E-state index in [9.17, 15) is 9.59 Å². The Labute approximate surface area is 100 Å². The molecule has 0 rings (SSSR count). The number of carboxylic acids is 1. The Morgan fingerprint density at radius 3 is 2.53 bits per heavy atom. The van der Waals surface area contributed by atoms with Gasteiger partial charge < -0.3 is 25.6 Å². The van der Waals surface area contributed by atoms with Gasteiger partial charge in [-0.2, -0.15) is 0 Å². The van der Waals surface area contributed by atoms with E-state index in [1.807, 2.05) is 6.92 Å². The highest BCUT2D eigenvalue weighted by molar-refractivity contribution is 5.82. The van der Waals surface area contributed by atoms with E-state index in [4.69, 9.17) is 14.9 Å². The lowest BCUT2D eigenvalue weighted by Crippen LogP contribution is -2.51. The lowest BCUT2D eigenvalue weighted by atomic mass is 10.2. The first-order chi connectivity index (χ1) is 7.99. The number of hydrogen-bond acceptors (Lipinski definition) is 4. The van der Waals surface area contributed by atoms with Gasteiger partial charge in [0.1, 0.15) is 0 Å². The maximum Gasteiger partial charge on any atom is 0.328 e. The molecule has 2 amide bonds. The summed E-state index contributed by atoms with van der Waals surface area (Å²) in [5.74, 6) is -1.27. The molecular weight excluding hydrogens is 228 g/mol. The average Bonchev–Trinajstić information content (AvgIpc) is 2.24. The molecule has 0 bridgehead atoms. The Bertz CT molecular complexity index is 245. The number of ether oxygens (including phenoxy) is 1. The molecule has 0 aliphatic heterocycles. The molecule has 0 radical (unpaired) electrons. The molecule has 0 heterocycles. The second kappa shape index (κ2) is 8.77. The van der Waals surface area contributed by atoms with Crippen LogP contribution in [0.2, 0.25) is 0 Å². The molecule has 7 heteroatoms. The molecule has 100 valence electrons. The first-order valence-electron chi connectivity index (χ1n) is 5.52. The number of urea groups is 1. The molecule has 4 N–H and O–H groups in total. The van der Waals surface area contributed by atoms with Crippen LogP contribution in [0.1, 0.15) is 20.3 Å². The van der Waals surface area contributed by atoms with Gasteiger partial charge in [0.15, 0.2) is 6.04 Å². The monoisotopic (exact) mass is 248 g/mol. The SMILES string of the molecule is CCOCCCNC(=O)NC(C(=O)O)C(C)O. The quantitative estimate of drug-likeness (QED) is 0.435. The largest absolute Gasteiger partial charge is 0.480 e. The molecule has 17 heavy (non-hydrogen) atoms. The van der Waals surface area contributed by atoms with Gasteiger partial charge >= 0.3 is 12.0 Å². The topological polar surface area (TPSA) is 108 Å². The number of amides is 2. The number of aliphatic carboxylic acids is 1. The lowest BCUT2D eigenvalue weighted by Gasteiger charge is -2.17. The Morgan fingerprint density at radius 1 is 1.41 bits per heavy atom. The van der Waals surface area contributed by atoms with Gasteiger partial charge in [0.05, 0.1) is 6.10 Å². The highest BCUT2D eigenvalue weighted by atomic mass is 16.5. The van der Waals surface area contributed by atoms with Crippen molar-refractivity contribution in [3.05, 3.63) is 0 Å². The molecule has 0 spiro atoms. The van der Waals surface area contributed by atoms with E-state index in [2.05, 4.69) is 10.6 Å². The predicted molar refractivity (Wildman–Crippen MR) is 60.7 cm³/mol. The predicted octanol–water partition coefficient (Wildman–Crippen LogP) is -0.454.